The van der Waals surface area contributed by atoms with Gasteiger partial charge in [0.1, 0.15) is 42.9 Å². The van der Waals surface area contributed by atoms with Crippen LogP contribution in [0, 0.1) is 5.82 Å². The third-order valence-corrected chi connectivity index (χ3v) is 6.18. The molecule has 0 aliphatic carbocycles. The van der Waals surface area contributed by atoms with E-state index in [1.165, 1.54) is 18.2 Å². The van der Waals surface area contributed by atoms with Gasteiger partial charge in [-0.1, -0.05) is 24.3 Å². The zero-order chi connectivity index (χ0) is 28.2. The summed E-state index contributed by atoms with van der Waals surface area (Å²) >= 11 is 0. The molecule has 7 nitrogen and oxygen atoms in total. The molecule has 0 saturated carbocycles. The van der Waals surface area contributed by atoms with E-state index in [1.54, 1.807) is 36.4 Å². The van der Waals surface area contributed by atoms with Crippen molar-refractivity contribution >= 4 is 42.8 Å². The maximum atomic E-state index is 15.5. The largest absolute Gasteiger partial charge is 0.500 e. The molecule has 4 rings (SSSR count). The van der Waals surface area contributed by atoms with Crippen LogP contribution in [-0.2, 0) is 4.74 Å². The number of hydrogen-bond donors (Lipinski definition) is 1. The maximum absolute atomic E-state index is 15.5. The quantitative estimate of drug-likeness (QED) is 0.364. The lowest BCUT2D eigenvalue weighted by atomic mass is 9.43. The molecule has 1 fully saturated rings. The maximum Gasteiger partial charge on any atom is 0.251 e. The van der Waals surface area contributed by atoms with Crippen molar-refractivity contribution in [3.63, 3.8) is 0 Å². The topological polar surface area (TPSA) is 91.7 Å². The van der Waals surface area contributed by atoms with Gasteiger partial charge in [0.2, 0.25) is 0 Å². The SMILES string of the molecule is [B]C([B])(F)C([B])([B])Oc1cn(-c2ccc(C3CCOCC3)cc2F)nc(C(C=CN)=Nc2ccccc2)c1=O. The normalized spacial score (nSPS) is 15.5. The summed E-state index contributed by atoms with van der Waals surface area (Å²) in [5.41, 5.74) is 2.36. The minimum absolute atomic E-state index is 0.00112. The van der Waals surface area contributed by atoms with E-state index in [0.29, 0.717) is 18.9 Å². The van der Waals surface area contributed by atoms with Crippen LogP contribution in [0.15, 0.2) is 76.8 Å². The molecular formula is C26H22B4F2N4O3. The van der Waals surface area contributed by atoms with E-state index < -0.39 is 27.9 Å². The number of benzene rings is 2. The summed E-state index contributed by atoms with van der Waals surface area (Å²) in [5.74, 6) is -1.10. The molecule has 1 saturated heterocycles. The van der Waals surface area contributed by atoms with E-state index in [1.807, 2.05) is 0 Å². The number of hydrogen-bond acceptors (Lipinski definition) is 6. The molecule has 2 aromatic carbocycles. The Bertz CT molecular complexity index is 1440. The highest BCUT2D eigenvalue weighted by atomic mass is 19.1. The van der Waals surface area contributed by atoms with Crippen molar-refractivity contribution in [2.24, 2.45) is 10.7 Å². The van der Waals surface area contributed by atoms with Crippen LogP contribution in [0.1, 0.15) is 30.0 Å². The van der Waals surface area contributed by atoms with Crippen molar-refractivity contribution in [1.82, 2.24) is 9.78 Å². The predicted molar refractivity (Wildman–Crippen MR) is 149 cm³/mol. The van der Waals surface area contributed by atoms with Crippen molar-refractivity contribution in [3.05, 3.63) is 94.3 Å². The zero-order valence-electron chi connectivity index (χ0n) is 21.0. The van der Waals surface area contributed by atoms with E-state index in [4.69, 9.17) is 46.6 Å². The number of para-hydroxylation sites is 1. The summed E-state index contributed by atoms with van der Waals surface area (Å²) in [5, 5.41) is 1.46. The van der Waals surface area contributed by atoms with Crippen LogP contribution in [0.4, 0.5) is 14.5 Å². The second-order valence-electron chi connectivity index (χ2n) is 9.07. The molecule has 1 aliphatic heterocycles. The smallest absolute Gasteiger partial charge is 0.251 e. The Morgan fingerprint density at radius 2 is 1.85 bits per heavy atom. The van der Waals surface area contributed by atoms with Crippen LogP contribution >= 0.6 is 0 Å². The fourth-order valence-corrected chi connectivity index (χ4v) is 3.99. The number of halogens is 2. The minimum Gasteiger partial charge on any atom is -0.500 e. The highest BCUT2D eigenvalue weighted by molar-refractivity contribution is 6.53. The number of allylic oxidation sites excluding steroid dienone is 1. The van der Waals surface area contributed by atoms with Crippen molar-refractivity contribution in [2.45, 2.75) is 29.6 Å². The molecule has 190 valence electrons. The first kappa shape index (κ1) is 28.4. The van der Waals surface area contributed by atoms with E-state index in [9.17, 15) is 9.18 Å². The van der Waals surface area contributed by atoms with E-state index in [0.717, 1.165) is 35.5 Å². The Balaban J connectivity index is 1.88. The third-order valence-electron chi connectivity index (χ3n) is 6.18. The van der Waals surface area contributed by atoms with Gasteiger partial charge in [-0.2, -0.15) is 5.10 Å². The third kappa shape index (κ3) is 6.53. The van der Waals surface area contributed by atoms with Crippen LogP contribution in [-0.4, -0.2) is 71.0 Å². The summed E-state index contributed by atoms with van der Waals surface area (Å²) < 4.78 is 41.4. The number of ether oxygens (including phenoxy) is 2. The van der Waals surface area contributed by atoms with Crippen molar-refractivity contribution < 1.29 is 18.3 Å². The van der Waals surface area contributed by atoms with Gasteiger partial charge in [-0.25, -0.2) is 14.1 Å². The van der Waals surface area contributed by atoms with Gasteiger partial charge in [-0.15, -0.1) is 0 Å². The van der Waals surface area contributed by atoms with Gasteiger partial charge in [0.15, 0.2) is 11.4 Å². The number of rotatable bonds is 8. The van der Waals surface area contributed by atoms with Gasteiger partial charge in [0, 0.05) is 18.6 Å². The molecule has 0 atom stereocenters. The van der Waals surface area contributed by atoms with Crippen LogP contribution in [0.2, 0.25) is 0 Å². The highest BCUT2D eigenvalue weighted by Crippen LogP contribution is 2.29. The molecule has 2 heterocycles. The van der Waals surface area contributed by atoms with Gasteiger partial charge in [0.05, 0.1) is 23.1 Å². The molecule has 1 aromatic heterocycles. The summed E-state index contributed by atoms with van der Waals surface area (Å²) in [6, 6.07) is 13.3. The number of nitrogens with two attached hydrogens (primary N) is 1. The van der Waals surface area contributed by atoms with Gasteiger partial charge in [-0.05, 0) is 60.9 Å². The number of alkyl halides is 1. The molecule has 0 unspecified atom stereocenters. The number of nitrogens with zero attached hydrogens (tertiary/aromatic N) is 3. The monoisotopic (exact) mass is 520 g/mol. The second kappa shape index (κ2) is 11.7. The fourth-order valence-electron chi connectivity index (χ4n) is 3.99. The molecule has 39 heavy (non-hydrogen) atoms. The van der Waals surface area contributed by atoms with E-state index in [-0.39, 0.29) is 23.0 Å². The molecule has 2 N–H and O–H groups in total. The fraction of sp³-hybridized carbons (Fsp3) is 0.269. The van der Waals surface area contributed by atoms with Crippen molar-refractivity contribution in [2.75, 3.05) is 13.2 Å². The Labute approximate surface area is 230 Å². The van der Waals surface area contributed by atoms with Crippen LogP contribution < -0.4 is 15.9 Å². The Hall–Kier alpha value is -3.59. The van der Waals surface area contributed by atoms with Gasteiger partial charge in [-0.3, -0.25) is 9.18 Å². The van der Waals surface area contributed by atoms with Gasteiger partial charge < -0.3 is 15.2 Å². The van der Waals surface area contributed by atoms with Gasteiger partial charge >= 0.3 is 0 Å². The average molecular weight is 520 g/mol. The first-order valence-electron chi connectivity index (χ1n) is 12.1. The lowest BCUT2D eigenvalue weighted by Gasteiger charge is -2.38. The van der Waals surface area contributed by atoms with Crippen LogP contribution in [0.25, 0.3) is 5.69 Å². The average Bonchev–Trinajstić information content (AvgIpc) is 2.90. The lowest BCUT2D eigenvalue weighted by Crippen LogP contribution is -2.58. The van der Waals surface area contributed by atoms with E-state index >= 15 is 4.39 Å². The number of aliphatic imine (C=N–C) groups is 1. The van der Waals surface area contributed by atoms with Gasteiger partial charge in [0.25, 0.3) is 5.43 Å². The standard InChI is InChI=1S/C26H22B4F2N4O3/c27-25(28,32)26(29,30)39-22-15-36(21-7-6-17(14-19(21)31)16-9-12-38-13-10-16)35-23(24(22)37)20(8-11-33)34-18-4-2-1-3-5-18/h1-8,11,14-16H,9-10,12-13,33H2. The Morgan fingerprint density at radius 1 is 1.15 bits per heavy atom. The van der Waals surface area contributed by atoms with E-state index in [2.05, 4.69) is 10.1 Å². The Morgan fingerprint density at radius 3 is 2.46 bits per heavy atom. The first-order chi connectivity index (χ1) is 18.5. The van der Waals surface area contributed by atoms with Crippen LogP contribution in [0.5, 0.6) is 5.75 Å². The van der Waals surface area contributed by atoms with Crippen molar-refractivity contribution in [1.29, 1.82) is 0 Å². The van der Waals surface area contributed by atoms with Crippen molar-refractivity contribution in [3.8, 4) is 11.4 Å². The highest BCUT2D eigenvalue weighted by Gasteiger charge is 2.38. The summed E-state index contributed by atoms with van der Waals surface area (Å²) in [6.07, 6.45) is 5.00. The molecule has 0 bridgehead atoms. The summed E-state index contributed by atoms with van der Waals surface area (Å²) in [4.78, 5) is 17.9. The predicted octanol–water partition coefficient (Wildman–Crippen LogP) is 2.19. The molecule has 13 heteroatoms. The molecule has 0 spiro atoms. The minimum atomic E-state index is -3.25. The lowest BCUT2D eigenvalue weighted by molar-refractivity contribution is 0.0853. The molecule has 3 aromatic rings. The molecule has 1 aliphatic rings. The Kier molecular flexibility index (Phi) is 8.49. The molecule has 0 amide bonds. The zero-order valence-corrected chi connectivity index (χ0v) is 21.0. The summed E-state index contributed by atoms with van der Waals surface area (Å²) in [7, 11) is 21.7. The van der Waals surface area contributed by atoms with Crippen LogP contribution in [0.3, 0.4) is 0 Å². The second-order valence-corrected chi connectivity index (χ2v) is 9.07. The summed E-state index contributed by atoms with van der Waals surface area (Å²) in [6.45, 7) is 1.19. The number of aromatic nitrogens is 2. The molecular weight excluding hydrogens is 498 g/mol. The first-order valence-corrected chi connectivity index (χ1v) is 12.1. The molecule has 8 radical (unpaired) electrons.